The number of aromatic hydroxyl groups is 1. The molecule has 0 aliphatic rings. The van der Waals surface area contributed by atoms with Crippen LogP contribution in [0.3, 0.4) is 0 Å². The Kier molecular flexibility index (Phi) is 6.71. The number of esters is 1. The van der Waals surface area contributed by atoms with Gasteiger partial charge in [-0.15, -0.1) is 0 Å². The zero-order valence-corrected chi connectivity index (χ0v) is 17.0. The maximum atomic E-state index is 12.5. The van der Waals surface area contributed by atoms with Gasteiger partial charge in [0.1, 0.15) is 5.82 Å². The largest absolute Gasteiger partial charge is 0.501 e. The number of carbonyl (C=O) groups is 1. The van der Waals surface area contributed by atoms with Crippen LogP contribution in [0.25, 0.3) is 0 Å². The summed E-state index contributed by atoms with van der Waals surface area (Å²) in [6, 6.07) is 17.9. The van der Waals surface area contributed by atoms with Crippen LogP contribution < -0.4 is 5.56 Å². The van der Waals surface area contributed by atoms with Crippen LogP contribution >= 0.6 is 0 Å². The third kappa shape index (κ3) is 5.11. The van der Waals surface area contributed by atoms with Crippen molar-refractivity contribution in [3.8, 4) is 17.6 Å². The summed E-state index contributed by atoms with van der Waals surface area (Å²) in [5.41, 5.74) is 0.876. The number of aromatic nitrogens is 2. The number of hydrogen-bond acceptors (Lipinski definition) is 6. The molecule has 0 saturated heterocycles. The molecular formula is C24H20N2O5. The molecule has 0 fully saturated rings. The molecule has 3 rings (SSSR count). The molecule has 7 heteroatoms. The maximum absolute atomic E-state index is 12.5. The van der Waals surface area contributed by atoms with Crippen molar-refractivity contribution in [2.45, 2.75) is 26.5 Å². The number of nitrogens with zero attached hydrogens (tertiary/aromatic N) is 2. The number of aliphatic hydroxyl groups is 1. The van der Waals surface area contributed by atoms with Crippen molar-refractivity contribution >= 4 is 5.97 Å². The Labute approximate surface area is 179 Å². The molecule has 2 aromatic carbocycles. The van der Waals surface area contributed by atoms with E-state index < -0.39 is 29.1 Å². The number of aliphatic hydroxyl groups excluding tert-OH is 1. The van der Waals surface area contributed by atoms with Gasteiger partial charge < -0.3 is 14.9 Å². The van der Waals surface area contributed by atoms with Crippen LogP contribution in [0.5, 0.6) is 5.75 Å². The predicted octanol–water partition coefficient (Wildman–Crippen LogP) is 2.17. The van der Waals surface area contributed by atoms with E-state index in [1.54, 1.807) is 43.3 Å². The lowest BCUT2D eigenvalue weighted by atomic mass is 10.1. The molecule has 0 saturated carbocycles. The highest BCUT2D eigenvalue weighted by Crippen LogP contribution is 2.18. The lowest BCUT2D eigenvalue weighted by molar-refractivity contribution is 0.0514. The van der Waals surface area contributed by atoms with Crippen LogP contribution in [-0.4, -0.2) is 32.3 Å². The van der Waals surface area contributed by atoms with Gasteiger partial charge in [0.25, 0.3) is 5.56 Å². The van der Waals surface area contributed by atoms with Crippen LogP contribution in [0.2, 0.25) is 0 Å². The highest BCUT2D eigenvalue weighted by Gasteiger charge is 2.22. The second kappa shape index (κ2) is 9.62. The van der Waals surface area contributed by atoms with Gasteiger partial charge in [-0.2, -0.15) is 0 Å². The van der Waals surface area contributed by atoms with Crippen molar-refractivity contribution in [1.82, 2.24) is 9.55 Å². The lowest BCUT2D eigenvalue weighted by Gasteiger charge is -2.16. The van der Waals surface area contributed by atoms with Gasteiger partial charge >= 0.3 is 5.97 Å². The first-order valence-corrected chi connectivity index (χ1v) is 9.56. The second-order valence-corrected chi connectivity index (χ2v) is 6.60. The molecule has 31 heavy (non-hydrogen) atoms. The minimum atomic E-state index is -1.03. The molecule has 3 aromatic rings. The third-order valence-electron chi connectivity index (χ3n) is 4.46. The zero-order chi connectivity index (χ0) is 22.4. The molecular weight excluding hydrogens is 396 g/mol. The second-order valence-electron chi connectivity index (χ2n) is 6.60. The van der Waals surface area contributed by atoms with E-state index in [9.17, 15) is 19.8 Å². The summed E-state index contributed by atoms with van der Waals surface area (Å²) in [4.78, 5) is 28.3. The molecule has 0 aliphatic heterocycles. The topological polar surface area (TPSA) is 102 Å². The van der Waals surface area contributed by atoms with E-state index in [-0.39, 0.29) is 19.0 Å². The Morgan fingerprint density at radius 2 is 1.90 bits per heavy atom. The van der Waals surface area contributed by atoms with E-state index in [4.69, 9.17) is 4.74 Å². The van der Waals surface area contributed by atoms with Crippen molar-refractivity contribution < 1.29 is 19.7 Å². The zero-order valence-electron chi connectivity index (χ0n) is 17.0. The fraction of sp³-hybridized carbons (Fsp3) is 0.208. The van der Waals surface area contributed by atoms with Gasteiger partial charge in [-0.05, 0) is 43.7 Å². The summed E-state index contributed by atoms with van der Waals surface area (Å²) < 4.78 is 5.91. The molecule has 0 amide bonds. The first-order valence-electron chi connectivity index (χ1n) is 9.56. The van der Waals surface area contributed by atoms with Crippen LogP contribution in [0.4, 0.5) is 0 Å². The van der Waals surface area contributed by atoms with Crippen LogP contribution in [0.15, 0.2) is 47.3 Å². The third-order valence-corrected chi connectivity index (χ3v) is 4.46. The van der Waals surface area contributed by atoms with Gasteiger partial charge in [0.2, 0.25) is 5.75 Å². The van der Waals surface area contributed by atoms with Crippen LogP contribution in [-0.2, 0) is 11.3 Å². The quantitative estimate of drug-likeness (QED) is 0.488. The first kappa shape index (κ1) is 21.6. The van der Waals surface area contributed by atoms with Crippen molar-refractivity contribution in [1.29, 1.82) is 0 Å². The molecule has 7 nitrogen and oxygen atoms in total. The molecule has 0 radical (unpaired) electrons. The molecule has 1 heterocycles. The Morgan fingerprint density at radius 1 is 1.19 bits per heavy atom. The number of hydrogen-bond donors (Lipinski definition) is 2. The fourth-order valence-electron chi connectivity index (χ4n) is 2.84. The number of rotatable bonds is 5. The summed E-state index contributed by atoms with van der Waals surface area (Å²) >= 11 is 0. The van der Waals surface area contributed by atoms with Gasteiger partial charge in [0.15, 0.2) is 5.69 Å². The maximum Gasteiger partial charge on any atom is 0.361 e. The molecule has 2 N–H and O–H groups in total. The van der Waals surface area contributed by atoms with E-state index in [0.29, 0.717) is 5.56 Å². The monoisotopic (exact) mass is 416 g/mol. The standard InChI is InChI=1S/C24H20N2O5/c1-3-31-24(30)21-22(28)23(29)26(16(2)25-21)15-20(27)19-13-11-18(12-14-19)10-9-17-7-5-4-6-8-17/h5,7-8,11-14,20,27-28H,3,15H2,1-2H3. The van der Waals surface area contributed by atoms with Gasteiger partial charge in [0.05, 0.1) is 19.3 Å². The van der Waals surface area contributed by atoms with E-state index in [1.165, 1.54) is 6.92 Å². The summed E-state index contributed by atoms with van der Waals surface area (Å²) in [6.07, 6.45) is -1.03. The normalized spacial score (nSPS) is 11.1. The average molecular weight is 416 g/mol. The van der Waals surface area contributed by atoms with Crippen molar-refractivity contribution in [2.75, 3.05) is 6.61 Å². The smallest absolute Gasteiger partial charge is 0.361 e. The minimum Gasteiger partial charge on any atom is -0.501 e. The molecule has 0 bridgehead atoms. The highest BCUT2D eigenvalue weighted by atomic mass is 16.5. The Balaban J connectivity index is 1.78. The van der Waals surface area contributed by atoms with Crippen molar-refractivity contribution in [3.05, 3.63) is 93.2 Å². The molecule has 1 unspecified atom stereocenters. The van der Waals surface area contributed by atoms with Gasteiger partial charge in [-0.25, -0.2) is 9.78 Å². The molecule has 1 atom stereocenters. The predicted molar refractivity (Wildman–Crippen MR) is 112 cm³/mol. The molecule has 0 spiro atoms. The molecule has 0 aliphatic carbocycles. The highest BCUT2D eigenvalue weighted by molar-refractivity contribution is 5.89. The number of carbonyl (C=O) groups excluding carboxylic acids is 1. The number of aryl methyl sites for hydroxylation is 1. The minimum absolute atomic E-state index is 0.0869. The van der Waals surface area contributed by atoms with Crippen molar-refractivity contribution in [3.63, 3.8) is 0 Å². The molecule has 1 aromatic heterocycles. The summed E-state index contributed by atoms with van der Waals surface area (Å²) in [7, 11) is 0. The van der Waals surface area contributed by atoms with Gasteiger partial charge in [-0.1, -0.05) is 36.1 Å². The van der Waals surface area contributed by atoms with Crippen LogP contribution in [0, 0.1) is 30.9 Å². The Morgan fingerprint density at radius 3 is 2.55 bits per heavy atom. The Bertz CT molecular complexity index is 1190. The number of benzene rings is 1. The SMILES string of the molecule is CCOC(=O)c1nc(C)n(CC(O)c2ccc(C#Cc3cc#ccc3)cc2)c(=O)c1O. The average Bonchev–Trinajstić information content (AvgIpc) is 2.78. The van der Waals surface area contributed by atoms with E-state index in [0.717, 1.165) is 15.7 Å². The van der Waals surface area contributed by atoms with Crippen LogP contribution in [0.1, 0.15) is 46.0 Å². The lowest BCUT2D eigenvalue weighted by Crippen LogP contribution is -2.28. The summed E-state index contributed by atoms with van der Waals surface area (Å²) in [6.45, 7) is 3.06. The van der Waals surface area contributed by atoms with E-state index in [1.807, 2.05) is 6.07 Å². The first-order chi connectivity index (χ1) is 14.9. The van der Waals surface area contributed by atoms with E-state index in [2.05, 4.69) is 29.0 Å². The fourth-order valence-corrected chi connectivity index (χ4v) is 2.84. The van der Waals surface area contributed by atoms with Crippen molar-refractivity contribution in [2.24, 2.45) is 0 Å². The summed E-state index contributed by atoms with van der Waals surface area (Å²) in [5.74, 6) is 4.52. The van der Waals surface area contributed by atoms with E-state index >= 15 is 0 Å². The summed E-state index contributed by atoms with van der Waals surface area (Å²) in [5, 5.41) is 20.6. The van der Waals surface area contributed by atoms with Gasteiger partial charge in [-0.3, -0.25) is 9.36 Å². The Hall–Kier alpha value is -4.07. The van der Waals surface area contributed by atoms with Gasteiger partial charge in [0, 0.05) is 17.2 Å². The number of ether oxygens (including phenoxy) is 1. The molecule has 156 valence electrons.